The van der Waals surface area contributed by atoms with Crippen LogP contribution in [0.3, 0.4) is 0 Å². The molecule has 1 amide bonds. The topological polar surface area (TPSA) is 75.3 Å². The summed E-state index contributed by atoms with van der Waals surface area (Å²) in [5.41, 5.74) is 2.17. The van der Waals surface area contributed by atoms with Crippen molar-refractivity contribution in [2.75, 3.05) is 18.1 Å². The third-order valence-electron chi connectivity index (χ3n) is 4.75. The van der Waals surface area contributed by atoms with Crippen molar-refractivity contribution in [3.8, 4) is 0 Å². The number of benzene rings is 2. The molecule has 2 N–H and O–H groups in total. The summed E-state index contributed by atoms with van der Waals surface area (Å²) in [6.07, 6.45) is 1.03. The third kappa shape index (κ3) is 6.37. The second kappa shape index (κ2) is 9.50. The van der Waals surface area contributed by atoms with Crippen LogP contribution >= 0.6 is 0 Å². The van der Waals surface area contributed by atoms with Crippen molar-refractivity contribution in [1.82, 2.24) is 5.32 Å². The van der Waals surface area contributed by atoms with E-state index in [0.29, 0.717) is 5.92 Å². The number of hydrogen-bond donors (Lipinski definition) is 2. The standard InChI is InChI=1S/C22H29FN2O3S/c1-14(2)16-6-8-17(9-7-16)22(15(3)4)24-13-21(26)25-20-12-18(29(5,27)28)10-11-19(20)23/h6-12,14-15,22,24H,13H2,1-5H3,(H,25,26)/t22-/m1/s1. The summed E-state index contributed by atoms with van der Waals surface area (Å²) in [5, 5.41) is 5.67. The Balaban J connectivity index is 2.08. The van der Waals surface area contributed by atoms with E-state index < -0.39 is 21.6 Å². The molecular weight excluding hydrogens is 391 g/mol. The molecule has 0 bridgehead atoms. The maximum absolute atomic E-state index is 14.0. The molecule has 2 aromatic rings. The van der Waals surface area contributed by atoms with Crippen molar-refractivity contribution in [2.45, 2.75) is 44.6 Å². The summed E-state index contributed by atoms with van der Waals surface area (Å²) in [7, 11) is -3.49. The van der Waals surface area contributed by atoms with Crippen LogP contribution in [0.5, 0.6) is 0 Å². The summed E-state index contributed by atoms with van der Waals surface area (Å²) in [4.78, 5) is 12.3. The summed E-state index contributed by atoms with van der Waals surface area (Å²) in [5.74, 6) is -0.453. The van der Waals surface area contributed by atoms with Crippen molar-refractivity contribution < 1.29 is 17.6 Å². The predicted octanol–water partition coefficient (Wildman–Crippen LogP) is 4.28. The molecule has 0 aliphatic rings. The van der Waals surface area contributed by atoms with Gasteiger partial charge in [-0.15, -0.1) is 0 Å². The molecule has 7 heteroatoms. The lowest BCUT2D eigenvalue weighted by molar-refractivity contribution is -0.115. The molecule has 0 aliphatic carbocycles. The summed E-state index contributed by atoms with van der Waals surface area (Å²) < 4.78 is 37.3. The molecule has 2 aromatic carbocycles. The highest BCUT2D eigenvalue weighted by atomic mass is 32.2. The summed E-state index contributed by atoms with van der Waals surface area (Å²) in [6.45, 7) is 8.35. The van der Waals surface area contributed by atoms with Crippen molar-refractivity contribution in [3.63, 3.8) is 0 Å². The first-order valence-corrected chi connectivity index (χ1v) is 11.5. The van der Waals surface area contributed by atoms with E-state index in [0.717, 1.165) is 24.0 Å². The minimum atomic E-state index is -3.49. The average Bonchev–Trinajstić information content (AvgIpc) is 2.63. The van der Waals surface area contributed by atoms with Crippen LogP contribution in [0, 0.1) is 11.7 Å². The van der Waals surface area contributed by atoms with Gasteiger partial charge in [0.05, 0.1) is 17.1 Å². The van der Waals surface area contributed by atoms with Crippen LogP contribution in [0.1, 0.15) is 50.8 Å². The molecule has 0 aliphatic heterocycles. The lowest BCUT2D eigenvalue weighted by Gasteiger charge is -2.23. The van der Waals surface area contributed by atoms with Gasteiger partial charge in [0, 0.05) is 12.3 Å². The molecule has 0 fully saturated rings. The van der Waals surface area contributed by atoms with Crippen molar-refractivity contribution in [2.24, 2.45) is 5.92 Å². The Hall–Kier alpha value is -2.25. The quantitative estimate of drug-likeness (QED) is 0.625. The number of carbonyl (C=O) groups is 1. The van der Waals surface area contributed by atoms with E-state index in [4.69, 9.17) is 0 Å². The van der Waals surface area contributed by atoms with Crippen LogP contribution in [0.4, 0.5) is 10.1 Å². The molecule has 0 heterocycles. The van der Waals surface area contributed by atoms with Crippen molar-refractivity contribution in [1.29, 1.82) is 0 Å². The molecule has 0 saturated heterocycles. The Morgan fingerprint density at radius 2 is 1.59 bits per heavy atom. The minimum Gasteiger partial charge on any atom is -0.322 e. The van der Waals surface area contributed by atoms with Gasteiger partial charge in [-0.2, -0.15) is 0 Å². The summed E-state index contributed by atoms with van der Waals surface area (Å²) in [6, 6.07) is 11.6. The van der Waals surface area contributed by atoms with E-state index in [9.17, 15) is 17.6 Å². The number of nitrogens with one attached hydrogen (secondary N) is 2. The molecule has 5 nitrogen and oxygen atoms in total. The van der Waals surface area contributed by atoms with Gasteiger partial charge in [0.25, 0.3) is 0 Å². The SMILES string of the molecule is CC(C)c1ccc([C@H](NCC(=O)Nc2cc(S(C)(=O)=O)ccc2F)C(C)C)cc1. The Morgan fingerprint density at radius 3 is 2.10 bits per heavy atom. The Kier molecular flexibility index (Phi) is 7.54. The Labute approximate surface area is 172 Å². The number of halogens is 1. The maximum atomic E-state index is 14.0. The normalized spacial score (nSPS) is 13.0. The highest BCUT2D eigenvalue weighted by molar-refractivity contribution is 7.90. The monoisotopic (exact) mass is 420 g/mol. The van der Waals surface area contributed by atoms with E-state index in [1.54, 1.807) is 0 Å². The fourth-order valence-electron chi connectivity index (χ4n) is 3.05. The van der Waals surface area contributed by atoms with Gasteiger partial charge in [-0.1, -0.05) is 52.0 Å². The lowest BCUT2D eigenvalue weighted by atomic mass is 9.93. The zero-order valence-corrected chi connectivity index (χ0v) is 18.3. The van der Waals surface area contributed by atoms with Gasteiger partial charge >= 0.3 is 0 Å². The number of anilines is 1. The molecule has 0 unspecified atom stereocenters. The predicted molar refractivity (Wildman–Crippen MR) is 114 cm³/mol. The van der Waals surface area contributed by atoms with E-state index >= 15 is 0 Å². The van der Waals surface area contributed by atoms with Gasteiger partial charge in [0.2, 0.25) is 5.91 Å². The summed E-state index contributed by atoms with van der Waals surface area (Å²) >= 11 is 0. The van der Waals surface area contributed by atoms with Crippen molar-refractivity contribution in [3.05, 3.63) is 59.4 Å². The minimum absolute atomic E-state index is 0.0304. The van der Waals surface area contributed by atoms with E-state index in [1.165, 1.54) is 11.6 Å². The van der Waals surface area contributed by atoms with E-state index in [-0.39, 0.29) is 29.1 Å². The largest absolute Gasteiger partial charge is 0.322 e. The first-order valence-electron chi connectivity index (χ1n) is 9.61. The first kappa shape index (κ1) is 23.0. The molecule has 0 radical (unpaired) electrons. The smallest absolute Gasteiger partial charge is 0.238 e. The van der Waals surface area contributed by atoms with E-state index in [1.807, 2.05) is 0 Å². The molecule has 29 heavy (non-hydrogen) atoms. The zero-order chi connectivity index (χ0) is 21.8. The van der Waals surface area contributed by atoms with Crippen molar-refractivity contribution >= 4 is 21.4 Å². The van der Waals surface area contributed by atoms with E-state index in [2.05, 4.69) is 62.6 Å². The van der Waals surface area contributed by atoms with Crippen LogP contribution in [-0.4, -0.2) is 27.1 Å². The number of rotatable bonds is 8. The number of hydrogen-bond acceptors (Lipinski definition) is 4. The van der Waals surface area contributed by atoms with Gasteiger partial charge < -0.3 is 10.6 Å². The van der Waals surface area contributed by atoms with Gasteiger partial charge in [0.1, 0.15) is 5.82 Å². The Bertz CT molecular complexity index is 955. The third-order valence-corrected chi connectivity index (χ3v) is 5.86. The number of amides is 1. The molecule has 0 saturated carbocycles. The van der Waals surface area contributed by atoms with Crippen LogP contribution in [0.2, 0.25) is 0 Å². The first-order chi connectivity index (χ1) is 13.5. The number of sulfone groups is 1. The molecule has 0 aromatic heterocycles. The fraction of sp³-hybridized carbons (Fsp3) is 0.409. The van der Waals surface area contributed by atoms with Crippen LogP contribution in [0.25, 0.3) is 0 Å². The Morgan fingerprint density at radius 1 is 1.00 bits per heavy atom. The molecule has 1 atom stereocenters. The molecular formula is C22H29FN2O3S. The lowest BCUT2D eigenvalue weighted by Crippen LogP contribution is -2.33. The maximum Gasteiger partial charge on any atom is 0.238 e. The molecule has 2 rings (SSSR count). The van der Waals surface area contributed by atoms with Crippen LogP contribution < -0.4 is 10.6 Å². The second-order valence-corrected chi connectivity index (χ2v) is 9.90. The van der Waals surface area contributed by atoms with Gasteiger partial charge in [-0.25, -0.2) is 12.8 Å². The number of carbonyl (C=O) groups excluding carboxylic acids is 1. The highest BCUT2D eigenvalue weighted by Gasteiger charge is 2.18. The van der Waals surface area contributed by atoms with Crippen LogP contribution in [0.15, 0.2) is 47.4 Å². The van der Waals surface area contributed by atoms with Gasteiger partial charge in [0.15, 0.2) is 9.84 Å². The fourth-order valence-corrected chi connectivity index (χ4v) is 3.70. The average molecular weight is 421 g/mol. The van der Waals surface area contributed by atoms with Gasteiger partial charge in [-0.05, 0) is 41.2 Å². The highest BCUT2D eigenvalue weighted by Crippen LogP contribution is 2.24. The van der Waals surface area contributed by atoms with Crippen LogP contribution in [-0.2, 0) is 14.6 Å². The second-order valence-electron chi connectivity index (χ2n) is 7.89. The van der Waals surface area contributed by atoms with Gasteiger partial charge in [-0.3, -0.25) is 4.79 Å². The zero-order valence-electron chi connectivity index (χ0n) is 17.5. The molecule has 0 spiro atoms. The molecule has 158 valence electrons.